The summed E-state index contributed by atoms with van der Waals surface area (Å²) in [5, 5.41) is 8.81. The molecule has 1 aliphatic heterocycles. The molecule has 4 aromatic rings. The van der Waals surface area contributed by atoms with Crippen LogP contribution in [0.5, 0.6) is 0 Å². The van der Waals surface area contributed by atoms with E-state index in [2.05, 4.69) is 27.4 Å². The molecule has 0 unspecified atom stereocenters. The molecule has 0 saturated carbocycles. The lowest BCUT2D eigenvalue weighted by atomic mass is 9.91. The summed E-state index contributed by atoms with van der Waals surface area (Å²) in [5.41, 5.74) is 5.23. The predicted molar refractivity (Wildman–Crippen MR) is 125 cm³/mol. The van der Waals surface area contributed by atoms with Crippen molar-refractivity contribution in [1.82, 2.24) is 19.9 Å². The molecule has 8 heteroatoms. The fraction of sp³-hybridized carbons (Fsp3) is 0.308. The van der Waals surface area contributed by atoms with Crippen molar-refractivity contribution in [2.24, 2.45) is 0 Å². The third-order valence-electron chi connectivity index (χ3n) is 6.17. The zero-order valence-electron chi connectivity index (χ0n) is 19.2. The van der Waals surface area contributed by atoms with E-state index in [4.69, 9.17) is 14.0 Å². The number of methoxy groups -OCH3 is 1. The summed E-state index contributed by atoms with van der Waals surface area (Å²) < 4.78 is 17.6. The van der Waals surface area contributed by atoms with Crippen LogP contribution in [0.2, 0.25) is 0 Å². The number of aryl methyl sites for hydroxylation is 1. The highest BCUT2D eigenvalue weighted by Gasteiger charge is 2.18. The quantitative estimate of drug-likeness (QED) is 0.389. The Hall–Kier alpha value is -3.78. The van der Waals surface area contributed by atoms with Gasteiger partial charge in [0.25, 0.3) is 5.89 Å². The van der Waals surface area contributed by atoms with Gasteiger partial charge >= 0.3 is 5.97 Å². The van der Waals surface area contributed by atoms with E-state index < -0.39 is 0 Å². The van der Waals surface area contributed by atoms with Crippen LogP contribution in [-0.4, -0.2) is 46.2 Å². The summed E-state index contributed by atoms with van der Waals surface area (Å²) in [5.74, 6) is 1.09. The Bertz CT molecular complexity index is 1290. The van der Waals surface area contributed by atoms with Crippen LogP contribution in [0.25, 0.3) is 23.0 Å². The fourth-order valence-electron chi connectivity index (χ4n) is 4.24. The number of nitrogens with zero attached hydrogens (tertiary/aromatic N) is 4. The minimum atomic E-state index is -0.362. The highest BCUT2D eigenvalue weighted by atomic mass is 16.5. The Morgan fingerprint density at radius 3 is 2.68 bits per heavy atom. The summed E-state index contributed by atoms with van der Waals surface area (Å²) in [4.78, 5) is 16.4. The molecule has 0 N–H and O–H groups in total. The molecular weight excluding hydrogens is 432 g/mol. The molecule has 0 bridgehead atoms. The van der Waals surface area contributed by atoms with Crippen LogP contribution >= 0.6 is 0 Å². The predicted octanol–water partition coefficient (Wildman–Crippen LogP) is 4.64. The lowest BCUT2D eigenvalue weighted by Gasteiger charge is -2.22. The minimum absolute atomic E-state index is 0.362. The standard InChI is InChI=1S/C26H26N4O4/c1-17-14-23(28-30(17)16-18-4-3-5-22(15-18)26(31)32-2)25-27-24(29-34-25)21-8-6-19(7-9-21)20-10-12-33-13-11-20/h3-9,14-15,20H,10-13,16H2,1-2H3. The van der Waals surface area contributed by atoms with Crippen LogP contribution in [0.1, 0.15) is 45.9 Å². The highest BCUT2D eigenvalue weighted by Crippen LogP contribution is 2.29. The van der Waals surface area contributed by atoms with Crippen LogP contribution in [0.4, 0.5) is 0 Å². The minimum Gasteiger partial charge on any atom is -0.465 e. The topological polar surface area (TPSA) is 92.3 Å². The highest BCUT2D eigenvalue weighted by molar-refractivity contribution is 5.89. The molecule has 0 radical (unpaired) electrons. The maximum atomic E-state index is 11.8. The Labute approximate surface area is 197 Å². The summed E-state index contributed by atoms with van der Waals surface area (Å²) in [7, 11) is 1.37. The average molecular weight is 459 g/mol. The van der Waals surface area contributed by atoms with E-state index in [1.165, 1.54) is 12.7 Å². The number of esters is 1. The van der Waals surface area contributed by atoms with Crippen molar-refractivity contribution in [2.45, 2.75) is 32.2 Å². The second kappa shape index (κ2) is 9.61. The van der Waals surface area contributed by atoms with Gasteiger partial charge in [0.05, 0.1) is 19.2 Å². The van der Waals surface area contributed by atoms with Gasteiger partial charge in [-0.1, -0.05) is 41.6 Å². The molecule has 1 fully saturated rings. The Balaban J connectivity index is 1.32. The molecule has 174 valence electrons. The molecular formula is C26H26N4O4. The van der Waals surface area contributed by atoms with E-state index in [0.717, 1.165) is 42.9 Å². The second-order valence-electron chi connectivity index (χ2n) is 8.45. The number of ether oxygens (including phenoxy) is 2. The number of rotatable bonds is 6. The molecule has 1 saturated heterocycles. The zero-order valence-corrected chi connectivity index (χ0v) is 19.2. The molecule has 3 heterocycles. The molecule has 0 aliphatic carbocycles. The molecule has 5 rings (SSSR count). The number of aromatic nitrogens is 4. The van der Waals surface area contributed by atoms with E-state index in [9.17, 15) is 4.79 Å². The van der Waals surface area contributed by atoms with Gasteiger partial charge in [0.15, 0.2) is 5.69 Å². The third kappa shape index (κ3) is 4.63. The SMILES string of the molecule is COC(=O)c1cccc(Cn2nc(-c3nc(-c4ccc(C5CCOCC5)cc4)no3)cc2C)c1. The van der Waals surface area contributed by atoms with Gasteiger partial charge in [-0.3, -0.25) is 4.68 Å². The number of benzene rings is 2. The monoisotopic (exact) mass is 458 g/mol. The Morgan fingerprint density at radius 2 is 1.91 bits per heavy atom. The molecule has 8 nitrogen and oxygen atoms in total. The third-order valence-corrected chi connectivity index (χ3v) is 6.17. The van der Waals surface area contributed by atoms with Gasteiger partial charge in [0.2, 0.25) is 5.82 Å². The molecule has 34 heavy (non-hydrogen) atoms. The number of hydrogen-bond donors (Lipinski definition) is 0. The van der Waals surface area contributed by atoms with Gasteiger partial charge in [-0.2, -0.15) is 10.1 Å². The van der Waals surface area contributed by atoms with E-state index in [-0.39, 0.29) is 5.97 Å². The van der Waals surface area contributed by atoms with Crippen LogP contribution in [0, 0.1) is 6.92 Å². The van der Waals surface area contributed by atoms with Crippen LogP contribution < -0.4 is 0 Å². The van der Waals surface area contributed by atoms with Crippen molar-refractivity contribution < 1.29 is 18.8 Å². The molecule has 0 spiro atoms. The first-order valence-corrected chi connectivity index (χ1v) is 11.3. The van der Waals surface area contributed by atoms with E-state index in [1.807, 2.05) is 41.9 Å². The smallest absolute Gasteiger partial charge is 0.337 e. The maximum Gasteiger partial charge on any atom is 0.337 e. The van der Waals surface area contributed by atoms with Gasteiger partial charge in [-0.15, -0.1) is 0 Å². The lowest BCUT2D eigenvalue weighted by molar-refractivity contribution is 0.0600. The van der Waals surface area contributed by atoms with Gasteiger partial charge in [0, 0.05) is 24.5 Å². The van der Waals surface area contributed by atoms with Gasteiger partial charge in [-0.25, -0.2) is 4.79 Å². The average Bonchev–Trinajstić information content (AvgIpc) is 3.52. The first-order chi connectivity index (χ1) is 16.6. The Kier molecular flexibility index (Phi) is 6.22. The summed E-state index contributed by atoms with van der Waals surface area (Å²) in [6, 6.07) is 17.6. The largest absolute Gasteiger partial charge is 0.465 e. The van der Waals surface area contributed by atoms with Gasteiger partial charge in [0.1, 0.15) is 0 Å². The molecule has 0 atom stereocenters. The van der Waals surface area contributed by atoms with Crippen molar-refractivity contribution in [2.75, 3.05) is 20.3 Å². The van der Waals surface area contributed by atoms with Crippen molar-refractivity contribution in [1.29, 1.82) is 0 Å². The summed E-state index contributed by atoms with van der Waals surface area (Å²) in [6.07, 6.45) is 2.11. The first kappa shape index (κ1) is 22.0. The van der Waals surface area contributed by atoms with Crippen LogP contribution in [0.15, 0.2) is 59.1 Å². The maximum absolute atomic E-state index is 11.8. The zero-order chi connectivity index (χ0) is 23.5. The molecule has 2 aromatic carbocycles. The molecule has 0 amide bonds. The normalized spacial score (nSPS) is 14.3. The van der Waals surface area contributed by atoms with Gasteiger partial charge < -0.3 is 14.0 Å². The van der Waals surface area contributed by atoms with Gasteiger partial charge in [-0.05, 0) is 55.0 Å². The second-order valence-corrected chi connectivity index (χ2v) is 8.45. The Morgan fingerprint density at radius 1 is 1.12 bits per heavy atom. The van der Waals surface area contributed by atoms with Crippen molar-refractivity contribution >= 4 is 5.97 Å². The molecule has 2 aromatic heterocycles. The van der Waals surface area contributed by atoms with Crippen molar-refractivity contribution in [3.8, 4) is 23.0 Å². The van der Waals surface area contributed by atoms with Crippen molar-refractivity contribution in [3.05, 3.63) is 77.0 Å². The van der Waals surface area contributed by atoms with E-state index >= 15 is 0 Å². The fourth-order valence-corrected chi connectivity index (χ4v) is 4.24. The first-order valence-electron chi connectivity index (χ1n) is 11.3. The molecule has 1 aliphatic rings. The number of carbonyl (C=O) groups is 1. The van der Waals surface area contributed by atoms with Crippen LogP contribution in [-0.2, 0) is 16.0 Å². The summed E-state index contributed by atoms with van der Waals surface area (Å²) in [6.45, 7) is 4.12. The van der Waals surface area contributed by atoms with E-state index in [1.54, 1.807) is 12.1 Å². The van der Waals surface area contributed by atoms with E-state index in [0.29, 0.717) is 35.4 Å². The van der Waals surface area contributed by atoms with Crippen LogP contribution in [0.3, 0.4) is 0 Å². The van der Waals surface area contributed by atoms with Crippen molar-refractivity contribution in [3.63, 3.8) is 0 Å². The summed E-state index contributed by atoms with van der Waals surface area (Å²) >= 11 is 0. The number of carbonyl (C=O) groups excluding carboxylic acids is 1. The lowest BCUT2D eigenvalue weighted by Crippen LogP contribution is -2.13. The number of hydrogen-bond acceptors (Lipinski definition) is 7.